The average Bonchev–Trinajstić information content (AvgIpc) is 2.52. The van der Waals surface area contributed by atoms with Crippen molar-refractivity contribution in [1.82, 2.24) is 0 Å². The van der Waals surface area contributed by atoms with E-state index in [-0.39, 0.29) is 17.7 Å². The van der Waals surface area contributed by atoms with Gasteiger partial charge in [-0.1, -0.05) is 0 Å². The van der Waals surface area contributed by atoms with E-state index in [2.05, 4.69) is 15.9 Å². The van der Waals surface area contributed by atoms with E-state index < -0.39 is 40.3 Å². The lowest BCUT2D eigenvalue weighted by Gasteiger charge is -2.11. The van der Waals surface area contributed by atoms with Gasteiger partial charge in [-0.05, 0) is 35.8 Å². The number of Topliss-reactive ketones (excluding diaryl/α,β-unsaturated/α-hetero) is 1. The number of benzene rings is 1. The second-order valence-electron chi connectivity index (χ2n) is 4.10. The zero-order valence-corrected chi connectivity index (χ0v) is 14.3. The third-order valence-corrected chi connectivity index (χ3v) is 3.41. The molecule has 23 heavy (non-hydrogen) atoms. The van der Waals surface area contributed by atoms with E-state index in [4.69, 9.17) is 14.2 Å². The molecule has 126 valence electrons. The number of hydrogen-bond acceptors (Lipinski definition) is 5. The molecule has 0 heterocycles. The molecule has 0 spiro atoms. The van der Waals surface area contributed by atoms with Crippen molar-refractivity contribution in [2.45, 2.75) is 13.8 Å². The Balaban J connectivity index is 3.39. The second kappa shape index (κ2) is 8.61. The fourth-order valence-electron chi connectivity index (χ4n) is 1.64. The van der Waals surface area contributed by atoms with Crippen molar-refractivity contribution in [3.05, 3.63) is 39.6 Å². The summed E-state index contributed by atoms with van der Waals surface area (Å²) in [5.41, 5.74) is -1.21. The maximum absolute atomic E-state index is 14.3. The lowest BCUT2D eigenvalue weighted by atomic mass is 10.0. The summed E-state index contributed by atoms with van der Waals surface area (Å²) in [5, 5.41) is 0. The first-order valence-electron chi connectivity index (χ1n) is 6.63. The van der Waals surface area contributed by atoms with Gasteiger partial charge in [0.1, 0.15) is 17.7 Å². The normalized spacial score (nSPS) is 11.1. The molecular formula is C15H15BrF2O5. The number of ether oxygens (including phenoxy) is 3. The molecule has 0 aromatic heterocycles. The maximum atomic E-state index is 14.3. The Morgan fingerprint density at radius 1 is 1.26 bits per heavy atom. The van der Waals surface area contributed by atoms with Gasteiger partial charge < -0.3 is 14.2 Å². The van der Waals surface area contributed by atoms with Gasteiger partial charge in [0, 0.05) is 0 Å². The molecule has 0 bridgehead atoms. The van der Waals surface area contributed by atoms with Crippen LogP contribution in [0.3, 0.4) is 0 Å². The molecule has 0 amide bonds. The monoisotopic (exact) mass is 392 g/mol. The molecule has 1 rings (SSSR count). The lowest BCUT2D eigenvalue weighted by molar-refractivity contribution is -0.138. The van der Waals surface area contributed by atoms with Gasteiger partial charge in [-0.3, -0.25) is 4.79 Å². The van der Waals surface area contributed by atoms with Crippen molar-refractivity contribution in [2.75, 3.05) is 20.3 Å². The van der Waals surface area contributed by atoms with Gasteiger partial charge in [0.2, 0.25) is 5.78 Å². The van der Waals surface area contributed by atoms with Crippen molar-refractivity contribution in [3.8, 4) is 5.75 Å². The highest BCUT2D eigenvalue weighted by Crippen LogP contribution is 2.33. The summed E-state index contributed by atoms with van der Waals surface area (Å²) in [4.78, 5) is 24.2. The molecule has 0 fully saturated rings. The molecule has 0 atom stereocenters. The van der Waals surface area contributed by atoms with Crippen LogP contribution in [0, 0.1) is 11.6 Å². The van der Waals surface area contributed by atoms with Gasteiger partial charge in [0.05, 0.1) is 30.4 Å². The zero-order valence-electron chi connectivity index (χ0n) is 12.7. The minimum atomic E-state index is -1.10. The summed E-state index contributed by atoms with van der Waals surface area (Å²) >= 11 is 2.83. The molecule has 0 unspecified atom stereocenters. The Kier molecular flexibility index (Phi) is 7.15. The molecule has 0 saturated carbocycles. The number of halogens is 3. The van der Waals surface area contributed by atoms with Crippen LogP contribution < -0.4 is 4.74 Å². The van der Waals surface area contributed by atoms with Crippen LogP contribution in [0.25, 0.3) is 0 Å². The molecule has 0 aliphatic heterocycles. The largest absolute Gasteiger partial charge is 0.500 e. The standard InChI is InChI=1S/C15H15BrF2O5/c1-4-22-7-9(15(20)23-5-2)13(19)8-6-10(17)11(16)14(21-3)12(8)18/h6-7H,4-5H2,1-3H3. The molecule has 5 nitrogen and oxygen atoms in total. The topological polar surface area (TPSA) is 61.8 Å². The molecule has 0 radical (unpaired) electrons. The van der Waals surface area contributed by atoms with Crippen LogP contribution in [0.15, 0.2) is 22.4 Å². The van der Waals surface area contributed by atoms with E-state index in [0.717, 1.165) is 13.4 Å². The van der Waals surface area contributed by atoms with Crippen molar-refractivity contribution >= 4 is 27.7 Å². The predicted molar refractivity (Wildman–Crippen MR) is 81.3 cm³/mol. The third-order valence-electron chi connectivity index (χ3n) is 2.67. The average molecular weight is 393 g/mol. The van der Waals surface area contributed by atoms with Crippen molar-refractivity contribution in [3.63, 3.8) is 0 Å². The molecule has 8 heteroatoms. The molecular weight excluding hydrogens is 378 g/mol. The van der Waals surface area contributed by atoms with Crippen LogP contribution >= 0.6 is 15.9 Å². The van der Waals surface area contributed by atoms with E-state index in [1.54, 1.807) is 13.8 Å². The molecule has 1 aromatic carbocycles. The van der Waals surface area contributed by atoms with E-state index in [9.17, 15) is 18.4 Å². The highest BCUT2D eigenvalue weighted by atomic mass is 79.9. The number of carbonyl (C=O) groups is 2. The van der Waals surface area contributed by atoms with Gasteiger partial charge in [0.25, 0.3) is 0 Å². The summed E-state index contributed by atoms with van der Waals surface area (Å²) in [6, 6.07) is 0.670. The molecule has 0 N–H and O–H groups in total. The summed E-state index contributed by atoms with van der Waals surface area (Å²) in [5.74, 6) is -4.55. The molecule has 0 saturated heterocycles. The van der Waals surface area contributed by atoms with Crippen molar-refractivity contribution in [1.29, 1.82) is 0 Å². The van der Waals surface area contributed by atoms with Crippen LogP contribution in [-0.4, -0.2) is 32.1 Å². The summed E-state index contributed by atoms with van der Waals surface area (Å²) in [7, 11) is 1.12. The van der Waals surface area contributed by atoms with E-state index >= 15 is 0 Å². The summed E-state index contributed by atoms with van der Waals surface area (Å²) < 4.78 is 42.3. The van der Waals surface area contributed by atoms with Crippen LogP contribution in [0.5, 0.6) is 5.75 Å². The van der Waals surface area contributed by atoms with Gasteiger partial charge in [-0.2, -0.15) is 0 Å². The van der Waals surface area contributed by atoms with Crippen molar-refractivity contribution < 1.29 is 32.6 Å². The third kappa shape index (κ3) is 4.28. The van der Waals surface area contributed by atoms with E-state index in [0.29, 0.717) is 6.07 Å². The predicted octanol–water partition coefficient (Wildman–Crippen LogP) is 3.40. The Morgan fingerprint density at radius 3 is 2.43 bits per heavy atom. The van der Waals surface area contributed by atoms with Crippen molar-refractivity contribution in [2.24, 2.45) is 0 Å². The molecule has 0 aliphatic rings. The smallest absolute Gasteiger partial charge is 0.345 e. The van der Waals surface area contributed by atoms with E-state index in [1.807, 2.05) is 0 Å². The van der Waals surface area contributed by atoms with Crippen LogP contribution in [0.1, 0.15) is 24.2 Å². The SMILES string of the molecule is CCOC=C(C(=O)OCC)C(=O)c1cc(F)c(Br)c(OC)c1F. The minimum absolute atomic E-state index is 0.0100. The summed E-state index contributed by atoms with van der Waals surface area (Å²) in [6.45, 7) is 3.36. The van der Waals surface area contributed by atoms with Gasteiger partial charge in [-0.15, -0.1) is 0 Å². The summed E-state index contributed by atoms with van der Waals surface area (Å²) in [6.07, 6.45) is 0.867. The van der Waals surface area contributed by atoms with Crippen LogP contribution in [0.4, 0.5) is 8.78 Å². The highest BCUT2D eigenvalue weighted by Gasteiger charge is 2.28. The number of esters is 1. The quantitative estimate of drug-likeness (QED) is 0.135. The number of rotatable bonds is 7. The fourth-order valence-corrected chi connectivity index (χ4v) is 2.09. The lowest BCUT2D eigenvalue weighted by Crippen LogP contribution is -2.18. The van der Waals surface area contributed by atoms with Gasteiger partial charge in [-0.25, -0.2) is 13.6 Å². The maximum Gasteiger partial charge on any atom is 0.345 e. The highest BCUT2D eigenvalue weighted by molar-refractivity contribution is 9.10. The first-order valence-corrected chi connectivity index (χ1v) is 7.43. The zero-order chi connectivity index (χ0) is 17.6. The van der Waals surface area contributed by atoms with Crippen LogP contribution in [0.2, 0.25) is 0 Å². The number of methoxy groups -OCH3 is 1. The molecule has 0 aliphatic carbocycles. The number of hydrogen-bond donors (Lipinski definition) is 0. The Morgan fingerprint density at radius 2 is 1.91 bits per heavy atom. The Bertz CT molecular complexity index is 643. The second-order valence-corrected chi connectivity index (χ2v) is 4.90. The number of carbonyl (C=O) groups excluding carboxylic acids is 2. The fraction of sp³-hybridized carbons (Fsp3) is 0.333. The first kappa shape index (κ1) is 19.1. The van der Waals surface area contributed by atoms with Crippen LogP contribution in [-0.2, 0) is 14.3 Å². The van der Waals surface area contributed by atoms with E-state index in [1.165, 1.54) is 0 Å². The minimum Gasteiger partial charge on any atom is -0.500 e. The Labute approximate surface area is 140 Å². The molecule has 1 aromatic rings. The first-order chi connectivity index (χ1) is 10.9. The van der Waals surface area contributed by atoms with Gasteiger partial charge >= 0.3 is 5.97 Å². The van der Waals surface area contributed by atoms with Gasteiger partial charge in [0.15, 0.2) is 11.6 Å². The Hall–Kier alpha value is -1.96. The number of ketones is 1.